The number of hydrogen-bond acceptors (Lipinski definition) is 2. The van der Waals surface area contributed by atoms with E-state index in [9.17, 15) is 4.79 Å². The zero-order valence-corrected chi connectivity index (χ0v) is 12.2. The van der Waals surface area contributed by atoms with E-state index in [-0.39, 0.29) is 5.78 Å². The summed E-state index contributed by atoms with van der Waals surface area (Å²) in [6.45, 7) is 2.67. The van der Waals surface area contributed by atoms with E-state index in [0.29, 0.717) is 6.61 Å². The van der Waals surface area contributed by atoms with Crippen LogP contribution in [0.15, 0.2) is 40.9 Å². The quantitative estimate of drug-likeness (QED) is 0.785. The lowest BCUT2D eigenvalue weighted by Gasteiger charge is -2.07. The van der Waals surface area contributed by atoms with Gasteiger partial charge in [0, 0.05) is 22.0 Å². The van der Waals surface area contributed by atoms with Crippen LogP contribution in [0.5, 0.6) is 5.75 Å². The summed E-state index contributed by atoms with van der Waals surface area (Å²) in [6.07, 6.45) is 0.883. The van der Waals surface area contributed by atoms with E-state index in [2.05, 4.69) is 15.9 Å². The summed E-state index contributed by atoms with van der Waals surface area (Å²) >= 11 is 3.41. The van der Waals surface area contributed by atoms with Crippen LogP contribution in [-0.2, 0) is 6.42 Å². The van der Waals surface area contributed by atoms with E-state index in [1.807, 2.05) is 43.3 Å². The summed E-state index contributed by atoms with van der Waals surface area (Å²) in [5.41, 5.74) is 3.59. The molecule has 0 bridgehead atoms. The summed E-state index contributed by atoms with van der Waals surface area (Å²) in [5, 5.41) is 0. The molecule has 19 heavy (non-hydrogen) atoms. The maximum Gasteiger partial charge on any atom is 0.193 e. The first kappa shape index (κ1) is 12.4. The SMILES string of the molecule is Cc1ccc(Br)cc1C(=O)c1ccc2c(c1)CCO2. The molecule has 1 heterocycles. The molecule has 2 nitrogen and oxygen atoms in total. The highest BCUT2D eigenvalue weighted by Gasteiger charge is 2.17. The van der Waals surface area contributed by atoms with Crippen LogP contribution in [0.4, 0.5) is 0 Å². The maximum absolute atomic E-state index is 12.6. The molecule has 96 valence electrons. The number of carbonyl (C=O) groups excluding carboxylic acids is 1. The third-order valence-electron chi connectivity index (χ3n) is 3.40. The Hall–Kier alpha value is -1.61. The highest BCUT2D eigenvalue weighted by Crippen LogP contribution is 2.27. The molecule has 0 amide bonds. The Kier molecular flexibility index (Phi) is 3.15. The van der Waals surface area contributed by atoms with Crippen molar-refractivity contribution in [1.29, 1.82) is 0 Å². The molecule has 1 aliphatic rings. The van der Waals surface area contributed by atoms with Crippen LogP contribution in [0.2, 0.25) is 0 Å². The number of ketones is 1. The van der Waals surface area contributed by atoms with Gasteiger partial charge in [-0.25, -0.2) is 0 Å². The van der Waals surface area contributed by atoms with Crippen molar-refractivity contribution in [3.63, 3.8) is 0 Å². The van der Waals surface area contributed by atoms with Crippen LogP contribution in [0, 0.1) is 6.92 Å². The second-order valence-electron chi connectivity index (χ2n) is 4.71. The standard InChI is InChI=1S/C16H13BrO2/c1-10-2-4-13(17)9-14(10)16(18)12-3-5-15-11(8-12)6-7-19-15/h2-5,8-9H,6-7H2,1H3. The molecule has 0 radical (unpaired) electrons. The van der Waals surface area contributed by atoms with Crippen LogP contribution in [0.1, 0.15) is 27.0 Å². The molecule has 0 spiro atoms. The van der Waals surface area contributed by atoms with E-state index in [4.69, 9.17) is 4.74 Å². The molecular formula is C16H13BrO2. The van der Waals surface area contributed by atoms with Crippen LogP contribution < -0.4 is 4.74 Å². The van der Waals surface area contributed by atoms with Crippen molar-refractivity contribution >= 4 is 21.7 Å². The Balaban J connectivity index is 2.02. The third-order valence-corrected chi connectivity index (χ3v) is 3.89. The predicted octanol–water partition coefficient (Wildman–Crippen LogP) is 3.92. The largest absolute Gasteiger partial charge is 0.493 e. The first-order chi connectivity index (χ1) is 9.15. The molecule has 0 saturated carbocycles. The van der Waals surface area contributed by atoms with Crippen molar-refractivity contribution in [2.45, 2.75) is 13.3 Å². The molecule has 3 heteroatoms. The lowest BCUT2D eigenvalue weighted by molar-refractivity contribution is 0.103. The lowest BCUT2D eigenvalue weighted by Crippen LogP contribution is -2.04. The summed E-state index contributed by atoms with van der Waals surface area (Å²) in [6, 6.07) is 11.5. The van der Waals surface area contributed by atoms with Gasteiger partial charge in [-0.05, 0) is 48.4 Å². The van der Waals surface area contributed by atoms with Gasteiger partial charge in [-0.1, -0.05) is 22.0 Å². The molecule has 1 aliphatic heterocycles. The van der Waals surface area contributed by atoms with Crippen molar-refractivity contribution in [3.8, 4) is 5.75 Å². The van der Waals surface area contributed by atoms with Gasteiger partial charge in [0.15, 0.2) is 5.78 Å². The summed E-state index contributed by atoms with van der Waals surface area (Å²) < 4.78 is 6.39. The average Bonchev–Trinajstić information content (AvgIpc) is 2.88. The Morgan fingerprint density at radius 3 is 2.89 bits per heavy atom. The maximum atomic E-state index is 12.6. The summed E-state index contributed by atoms with van der Waals surface area (Å²) in [5.74, 6) is 0.969. The minimum atomic E-state index is 0.0634. The number of benzene rings is 2. The Bertz CT molecular complexity index is 662. The molecule has 0 unspecified atom stereocenters. The topological polar surface area (TPSA) is 26.3 Å². The van der Waals surface area contributed by atoms with Gasteiger partial charge in [-0.3, -0.25) is 4.79 Å². The normalized spacial score (nSPS) is 12.9. The van der Waals surface area contributed by atoms with Gasteiger partial charge in [-0.15, -0.1) is 0 Å². The zero-order chi connectivity index (χ0) is 13.4. The van der Waals surface area contributed by atoms with Crippen LogP contribution in [0.25, 0.3) is 0 Å². The molecule has 0 fully saturated rings. The Morgan fingerprint density at radius 1 is 1.21 bits per heavy atom. The molecule has 0 N–H and O–H groups in total. The van der Waals surface area contributed by atoms with Gasteiger partial charge < -0.3 is 4.74 Å². The molecular weight excluding hydrogens is 304 g/mol. The van der Waals surface area contributed by atoms with Crippen molar-refractivity contribution in [3.05, 3.63) is 63.1 Å². The number of fused-ring (bicyclic) bond motifs is 1. The number of carbonyl (C=O) groups is 1. The van der Waals surface area contributed by atoms with Gasteiger partial charge >= 0.3 is 0 Å². The third kappa shape index (κ3) is 2.30. The van der Waals surface area contributed by atoms with E-state index >= 15 is 0 Å². The highest BCUT2D eigenvalue weighted by atomic mass is 79.9. The molecule has 0 saturated heterocycles. The first-order valence-electron chi connectivity index (χ1n) is 6.22. The van der Waals surface area contributed by atoms with E-state index in [1.165, 1.54) is 0 Å². The minimum Gasteiger partial charge on any atom is -0.493 e. The molecule has 3 rings (SSSR count). The lowest BCUT2D eigenvalue weighted by atomic mass is 9.97. The fourth-order valence-electron chi connectivity index (χ4n) is 2.32. The fourth-order valence-corrected chi connectivity index (χ4v) is 2.68. The van der Waals surface area contributed by atoms with E-state index in [1.54, 1.807) is 0 Å². The smallest absolute Gasteiger partial charge is 0.193 e. The fraction of sp³-hybridized carbons (Fsp3) is 0.188. The van der Waals surface area contributed by atoms with Gasteiger partial charge in [0.25, 0.3) is 0 Å². The second-order valence-corrected chi connectivity index (χ2v) is 5.63. The van der Waals surface area contributed by atoms with E-state index < -0.39 is 0 Å². The van der Waals surface area contributed by atoms with Crippen molar-refractivity contribution < 1.29 is 9.53 Å². The highest BCUT2D eigenvalue weighted by molar-refractivity contribution is 9.10. The number of ether oxygens (including phenoxy) is 1. The molecule has 0 atom stereocenters. The van der Waals surface area contributed by atoms with Crippen molar-refractivity contribution in [2.24, 2.45) is 0 Å². The van der Waals surface area contributed by atoms with Gasteiger partial charge in [0.1, 0.15) is 5.75 Å². The summed E-state index contributed by atoms with van der Waals surface area (Å²) in [4.78, 5) is 12.6. The number of hydrogen-bond donors (Lipinski definition) is 0. The van der Waals surface area contributed by atoms with E-state index in [0.717, 1.165) is 38.9 Å². The molecule has 0 aromatic heterocycles. The average molecular weight is 317 g/mol. The number of aryl methyl sites for hydroxylation is 1. The second kappa shape index (κ2) is 4.82. The number of rotatable bonds is 2. The Labute approximate surface area is 120 Å². The first-order valence-corrected chi connectivity index (χ1v) is 7.01. The minimum absolute atomic E-state index is 0.0634. The van der Waals surface area contributed by atoms with Crippen molar-refractivity contribution in [2.75, 3.05) is 6.61 Å². The van der Waals surface area contributed by atoms with Crippen LogP contribution in [0.3, 0.4) is 0 Å². The molecule has 2 aromatic carbocycles. The van der Waals surface area contributed by atoms with Crippen LogP contribution >= 0.6 is 15.9 Å². The van der Waals surface area contributed by atoms with Gasteiger partial charge in [0.05, 0.1) is 6.61 Å². The zero-order valence-electron chi connectivity index (χ0n) is 10.6. The van der Waals surface area contributed by atoms with Gasteiger partial charge in [0.2, 0.25) is 0 Å². The van der Waals surface area contributed by atoms with Crippen LogP contribution in [-0.4, -0.2) is 12.4 Å². The number of halogens is 1. The molecule has 2 aromatic rings. The van der Waals surface area contributed by atoms with Crippen molar-refractivity contribution in [1.82, 2.24) is 0 Å². The van der Waals surface area contributed by atoms with Gasteiger partial charge in [-0.2, -0.15) is 0 Å². The molecule has 0 aliphatic carbocycles. The monoisotopic (exact) mass is 316 g/mol. The Morgan fingerprint density at radius 2 is 2.05 bits per heavy atom. The summed E-state index contributed by atoms with van der Waals surface area (Å²) in [7, 11) is 0. The predicted molar refractivity (Wildman–Crippen MR) is 78.0 cm³/mol.